The lowest BCUT2D eigenvalue weighted by molar-refractivity contribution is -0.0512. The molecule has 0 amide bonds. The smallest absolute Gasteiger partial charge is 0.387 e. The summed E-state index contributed by atoms with van der Waals surface area (Å²) in [4.78, 5) is 2.23. The zero-order chi connectivity index (χ0) is 14.5. The first kappa shape index (κ1) is 15.0. The summed E-state index contributed by atoms with van der Waals surface area (Å²) in [5, 5.41) is 9.12. The Hall–Kier alpha value is -1.40. The Labute approximate surface area is 116 Å². The average Bonchev–Trinajstić information content (AvgIpc) is 2.87. The van der Waals surface area contributed by atoms with E-state index >= 15 is 0 Å². The van der Waals surface area contributed by atoms with Crippen LogP contribution in [0.3, 0.4) is 0 Å². The SMILES string of the molecule is COc1cc(CN2CCC(CO)C2)ccc1OC(F)F. The van der Waals surface area contributed by atoms with Crippen molar-refractivity contribution < 1.29 is 23.4 Å². The predicted molar refractivity (Wildman–Crippen MR) is 70.1 cm³/mol. The molecule has 1 fully saturated rings. The molecule has 1 unspecified atom stereocenters. The molecule has 0 spiro atoms. The van der Waals surface area contributed by atoms with Crippen LogP contribution in [0.25, 0.3) is 0 Å². The van der Waals surface area contributed by atoms with Crippen LogP contribution >= 0.6 is 0 Å². The summed E-state index contributed by atoms with van der Waals surface area (Å²) in [6.07, 6.45) is 0.986. The van der Waals surface area contributed by atoms with Crippen LogP contribution in [0, 0.1) is 5.92 Å². The number of halogens is 2. The molecule has 1 aromatic rings. The maximum Gasteiger partial charge on any atom is 0.387 e. The van der Waals surface area contributed by atoms with Gasteiger partial charge in [-0.1, -0.05) is 6.07 Å². The Bertz CT molecular complexity index is 442. The van der Waals surface area contributed by atoms with Gasteiger partial charge in [0.25, 0.3) is 0 Å². The number of likely N-dealkylation sites (tertiary alicyclic amines) is 1. The summed E-state index contributed by atoms with van der Waals surface area (Å²) in [6.45, 7) is -0.154. The van der Waals surface area contributed by atoms with Gasteiger partial charge in [0, 0.05) is 19.7 Å². The first-order valence-electron chi connectivity index (χ1n) is 6.57. The molecular weight excluding hydrogens is 268 g/mol. The van der Waals surface area contributed by atoms with Crippen LogP contribution in [0.4, 0.5) is 8.78 Å². The number of aliphatic hydroxyl groups is 1. The zero-order valence-corrected chi connectivity index (χ0v) is 11.4. The monoisotopic (exact) mass is 287 g/mol. The van der Waals surface area contributed by atoms with Crippen LogP contribution < -0.4 is 9.47 Å². The summed E-state index contributed by atoms with van der Waals surface area (Å²) >= 11 is 0. The molecule has 1 aliphatic rings. The molecule has 0 aromatic heterocycles. The van der Waals surface area contributed by atoms with Gasteiger partial charge in [-0.3, -0.25) is 4.90 Å². The van der Waals surface area contributed by atoms with Gasteiger partial charge in [-0.05, 0) is 36.6 Å². The third-order valence-corrected chi connectivity index (χ3v) is 3.48. The summed E-state index contributed by atoms with van der Waals surface area (Å²) in [7, 11) is 1.43. The number of ether oxygens (including phenoxy) is 2. The van der Waals surface area contributed by atoms with E-state index in [-0.39, 0.29) is 12.4 Å². The lowest BCUT2D eigenvalue weighted by Crippen LogP contribution is -2.21. The summed E-state index contributed by atoms with van der Waals surface area (Å²) in [6, 6.07) is 4.97. The van der Waals surface area contributed by atoms with Crippen molar-refractivity contribution in [2.45, 2.75) is 19.6 Å². The minimum absolute atomic E-state index is 0.0425. The van der Waals surface area contributed by atoms with E-state index in [1.165, 1.54) is 13.2 Å². The van der Waals surface area contributed by atoms with Crippen LogP contribution in [-0.2, 0) is 6.54 Å². The molecule has 1 heterocycles. The van der Waals surface area contributed by atoms with E-state index in [1.54, 1.807) is 12.1 Å². The molecule has 0 aliphatic carbocycles. The van der Waals surface area contributed by atoms with Crippen molar-refractivity contribution in [3.05, 3.63) is 23.8 Å². The molecule has 0 saturated carbocycles. The standard InChI is InChI=1S/C14H19F2NO3/c1-19-13-6-10(2-3-12(13)20-14(15)16)7-17-5-4-11(8-17)9-18/h2-3,6,11,14,18H,4-5,7-9H2,1H3. The lowest BCUT2D eigenvalue weighted by atomic mass is 10.1. The average molecular weight is 287 g/mol. The number of nitrogens with zero attached hydrogens (tertiary/aromatic N) is 1. The van der Waals surface area contributed by atoms with Crippen molar-refractivity contribution in [1.82, 2.24) is 4.90 Å². The van der Waals surface area contributed by atoms with Gasteiger partial charge in [-0.2, -0.15) is 8.78 Å². The van der Waals surface area contributed by atoms with E-state index in [1.807, 2.05) is 0 Å². The maximum absolute atomic E-state index is 12.2. The van der Waals surface area contributed by atoms with Crippen LogP contribution in [0.1, 0.15) is 12.0 Å². The van der Waals surface area contributed by atoms with E-state index in [0.717, 1.165) is 25.1 Å². The third-order valence-electron chi connectivity index (χ3n) is 3.48. The molecule has 1 saturated heterocycles. The highest BCUT2D eigenvalue weighted by atomic mass is 19.3. The second-order valence-electron chi connectivity index (χ2n) is 4.94. The second kappa shape index (κ2) is 6.85. The molecule has 1 N–H and O–H groups in total. The maximum atomic E-state index is 12.2. The first-order chi connectivity index (χ1) is 9.62. The number of rotatable bonds is 6. The number of aliphatic hydroxyl groups excluding tert-OH is 1. The predicted octanol–water partition coefficient (Wildman–Crippen LogP) is 2.11. The van der Waals surface area contributed by atoms with Gasteiger partial charge in [-0.25, -0.2) is 0 Å². The number of hydrogen-bond acceptors (Lipinski definition) is 4. The van der Waals surface area contributed by atoms with Gasteiger partial charge in [0.15, 0.2) is 11.5 Å². The first-order valence-corrected chi connectivity index (χ1v) is 6.57. The molecule has 0 radical (unpaired) electrons. The van der Waals surface area contributed by atoms with Crippen LogP contribution in [0.2, 0.25) is 0 Å². The van der Waals surface area contributed by atoms with Gasteiger partial charge in [0.05, 0.1) is 7.11 Å². The molecular formula is C14H19F2NO3. The van der Waals surface area contributed by atoms with Crippen molar-refractivity contribution in [3.8, 4) is 11.5 Å². The van der Waals surface area contributed by atoms with Crippen molar-refractivity contribution in [1.29, 1.82) is 0 Å². The van der Waals surface area contributed by atoms with Gasteiger partial charge >= 0.3 is 6.61 Å². The normalized spacial score (nSPS) is 19.6. The highest BCUT2D eigenvalue weighted by molar-refractivity contribution is 5.43. The summed E-state index contributed by atoms with van der Waals surface area (Å²) in [5.74, 6) is 0.681. The Morgan fingerprint density at radius 1 is 1.40 bits per heavy atom. The molecule has 4 nitrogen and oxygen atoms in total. The van der Waals surface area contributed by atoms with E-state index in [2.05, 4.69) is 9.64 Å². The Kier molecular flexibility index (Phi) is 5.14. The number of benzene rings is 1. The van der Waals surface area contributed by atoms with E-state index in [9.17, 15) is 8.78 Å². The fourth-order valence-corrected chi connectivity index (χ4v) is 2.47. The molecule has 2 rings (SSSR count). The van der Waals surface area contributed by atoms with Crippen molar-refractivity contribution in [2.24, 2.45) is 5.92 Å². The van der Waals surface area contributed by atoms with Crippen LogP contribution in [0.5, 0.6) is 11.5 Å². The van der Waals surface area contributed by atoms with Crippen LogP contribution in [-0.4, -0.2) is 43.4 Å². The number of hydrogen-bond donors (Lipinski definition) is 1. The lowest BCUT2D eigenvalue weighted by Gasteiger charge is -2.17. The fraction of sp³-hybridized carbons (Fsp3) is 0.571. The molecule has 20 heavy (non-hydrogen) atoms. The minimum Gasteiger partial charge on any atom is -0.493 e. The van der Waals surface area contributed by atoms with Crippen molar-refractivity contribution in [2.75, 3.05) is 26.8 Å². The number of methoxy groups -OCH3 is 1. The molecule has 6 heteroatoms. The largest absolute Gasteiger partial charge is 0.493 e. The summed E-state index contributed by atoms with van der Waals surface area (Å²) in [5.41, 5.74) is 0.974. The molecule has 0 bridgehead atoms. The van der Waals surface area contributed by atoms with Gasteiger partial charge in [0.1, 0.15) is 0 Å². The second-order valence-corrected chi connectivity index (χ2v) is 4.94. The molecule has 1 aliphatic heterocycles. The van der Waals surface area contributed by atoms with Gasteiger partial charge < -0.3 is 14.6 Å². The topological polar surface area (TPSA) is 41.9 Å². The van der Waals surface area contributed by atoms with Gasteiger partial charge in [-0.15, -0.1) is 0 Å². The Morgan fingerprint density at radius 3 is 2.80 bits per heavy atom. The Balaban J connectivity index is 2.02. The fourth-order valence-electron chi connectivity index (χ4n) is 2.47. The highest BCUT2D eigenvalue weighted by Gasteiger charge is 2.22. The zero-order valence-electron chi connectivity index (χ0n) is 11.4. The highest BCUT2D eigenvalue weighted by Crippen LogP contribution is 2.30. The number of alkyl halides is 2. The molecule has 1 aromatic carbocycles. The van der Waals surface area contributed by atoms with Crippen LogP contribution in [0.15, 0.2) is 18.2 Å². The van der Waals surface area contributed by atoms with Crippen molar-refractivity contribution in [3.63, 3.8) is 0 Å². The summed E-state index contributed by atoms with van der Waals surface area (Å²) < 4.78 is 33.9. The third kappa shape index (κ3) is 3.80. The molecule has 1 atom stereocenters. The van der Waals surface area contributed by atoms with E-state index < -0.39 is 6.61 Å². The molecule has 112 valence electrons. The van der Waals surface area contributed by atoms with Crippen molar-refractivity contribution >= 4 is 0 Å². The van der Waals surface area contributed by atoms with Gasteiger partial charge in [0.2, 0.25) is 0 Å². The minimum atomic E-state index is -2.86. The van der Waals surface area contributed by atoms with E-state index in [4.69, 9.17) is 9.84 Å². The quantitative estimate of drug-likeness (QED) is 0.870. The van der Waals surface area contributed by atoms with E-state index in [0.29, 0.717) is 18.2 Å². The Morgan fingerprint density at radius 2 is 2.20 bits per heavy atom.